The minimum absolute atomic E-state index is 0.0144. The van der Waals surface area contributed by atoms with E-state index >= 15 is 0 Å². The number of aromatic nitrogens is 2. The number of aliphatic hydroxyl groups is 1. The first-order chi connectivity index (χ1) is 11.7. The summed E-state index contributed by atoms with van der Waals surface area (Å²) in [4.78, 5) is 14.6. The highest BCUT2D eigenvalue weighted by Crippen LogP contribution is 2.21. The second-order valence-corrected chi connectivity index (χ2v) is 6.03. The van der Waals surface area contributed by atoms with Crippen molar-refractivity contribution in [1.29, 1.82) is 0 Å². The fourth-order valence-corrected chi connectivity index (χ4v) is 2.97. The van der Waals surface area contributed by atoms with Gasteiger partial charge in [0.05, 0.1) is 11.8 Å². The van der Waals surface area contributed by atoms with E-state index in [0.29, 0.717) is 5.56 Å². The quantitative estimate of drug-likeness (QED) is 0.678. The monoisotopic (exact) mass is 325 g/mol. The number of hydrogen-bond donors (Lipinski definition) is 1. The Kier molecular flexibility index (Phi) is 5.11. The van der Waals surface area contributed by atoms with E-state index in [9.17, 15) is 9.90 Å². The van der Waals surface area contributed by atoms with Crippen molar-refractivity contribution in [3.63, 3.8) is 0 Å². The van der Waals surface area contributed by atoms with E-state index in [1.807, 2.05) is 41.9 Å². The number of aliphatic hydroxyl groups excluding tert-OH is 1. The molecule has 0 bridgehead atoms. The van der Waals surface area contributed by atoms with Gasteiger partial charge in [-0.25, -0.2) is 0 Å². The molecule has 2 aromatic rings. The number of rotatable bonds is 5. The summed E-state index contributed by atoms with van der Waals surface area (Å²) in [6, 6.07) is 9.58. The van der Waals surface area contributed by atoms with Crippen molar-refractivity contribution in [3.05, 3.63) is 53.9 Å². The third kappa shape index (κ3) is 3.74. The third-order valence-corrected chi connectivity index (χ3v) is 4.44. The Labute approximate surface area is 142 Å². The minimum atomic E-state index is -0.177. The molecule has 0 radical (unpaired) electrons. The maximum absolute atomic E-state index is 12.3. The zero-order valence-electron chi connectivity index (χ0n) is 13.9. The molecule has 0 spiro atoms. The van der Waals surface area contributed by atoms with Gasteiger partial charge >= 0.3 is 0 Å². The van der Waals surface area contributed by atoms with Crippen molar-refractivity contribution < 1.29 is 9.90 Å². The average molecular weight is 325 g/mol. The van der Waals surface area contributed by atoms with Gasteiger partial charge in [-0.15, -0.1) is 0 Å². The van der Waals surface area contributed by atoms with E-state index in [1.165, 1.54) is 0 Å². The van der Waals surface area contributed by atoms with E-state index < -0.39 is 0 Å². The Morgan fingerprint density at radius 3 is 2.62 bits per heavy atom. The van der Waals surface area contributed by atoms with Crippen LogP contribution in [-0.2, 0) is 6.54 Å². The molecule has 1 saturated heterocycles. The summed E-state index contributed by atoms with van der Waals surface area (Å²) < 4.78 is 1.84. The summed E-state index contributed by atoms with van der Waals surface area (Å²) in [5.41, 5.74) is 2.70. The number of piperidine rings is 1. The first kappa shape index (κ1) is 16.5. The molecule has 1 aliphatic rings. The van der Waals surface area contributed by atoms with Gasteiger partial charge in [-0.1, -0.05) is 0 Å². The molecule has 2 heterocycles. The standard InChI is InChI=1S/C19H23N3O2/c1-2-22-17(9-12-20-22)7-8-19(24)15-3-5-16(6-4-15)21-13-10-18(23)11-14-21/h3-9,12,18,23H,2,10-11,13-14H2,1H3/b8-7+. The van der Waals surface area contributed by atoms with Crippen molar-refractivity contribution in [1.82, 2.24) is 9.78 Å². The Morgan fingerprint density at radius 2 is 1.96 bits per heavy atom. The molecule has 24 heavy (non-hydrogen) atoms. The molecular weight excluding hydrogens is 302 g/mol. The van der Waals surface area contributed by atoms with E-state index in [0.717, 1.165) is 43.9 Å². The van der Waals surface area contributed by atoms with Crippen molar-refractivity contribution in [2.45, 2.75) is 32.4 Å². The number of anilines is 1. The predicted molar refractivity (Wildman–Crippen MR) is 95.2 cm³/mol. The molecule has 0 unspecified atom stereocenters. The number of ketones is 1. The molecule has 126 valence electrons. The number of hydrogen-bond acceptors (Lipinski definition) is 4. The van der Waals surface area contributed by atoms with Crippen LogP contribution in [0.15, 0.2) is 42.6 Å². The number of nitrogens with zero attached hydrogens (tertiary/aromatic N) is 3. The SMILES string of the molecule is CCn1nccc1/C=C/C(=O)c1ccc(N2CCC(O)CC2)cc1. The van der Waals surface area contributed by atoms with Gasteiger partial charge in [-0.2, -0.15) is 5.10 Å². The average Bonchev–Trinajstić information content (AvgIpc) is 3.08. The van der Waals surface area contributed by atoms with Gasteiger partial charge in [0.2, 0.25) is 0 Å². The number of benzene rings is 1. The Bertz CT molecular complexity index is 710. The van der Waals surface area contributed by atoms with Crippen molar-refractivity contribution in [2.24, 2.45) is 0 Å². The van der Waals surface area contributed by atoms with Gasteiger partial charge in [0.25, 0.3) is 0 Å². The summed E-state index contributed by atoms with van der Waals surface area (Å²) in [6.45, 7) is 4.51. The number of carbonyl (C=O) groups is 1. The first-order valence-electron chi connectivity index (χ1n) is 8.44. The fraction of sp³-hybridized carbons (Fsp3) is 0.368. The van der Waals surface area contributed by atoms with Crippen LogP contribution < -0.4 is 4.90 Å². The second-order valence-electron chi connectivity index (χ2n) is 6.03. The smallest absolute Gasteiger partial charge is 0.185 e. The molecule has 3 rings (SSSR count). The van der Waals surface area contributed by atoms with Crippen LogP contribution in [0.4, 0.5) is 5.69 Å². The van der Waals surface area contributed by atoms with Gasteiger partial charge in [0.1, 0.15) is 0 Å². The van der Waals surface area contributed by atoms with Crippen molar-refractivity contribution in [2.75, 3.05) is 18.0 Å². The topological polar surface area (TPSA) is 58.4 Å². The number of aryl methyl sites for hydroxylation is 1. The van der Waals surface area contributed by atoms with Crippen LogP contribution in [0.3, 0.4) is 0 Å². The highest BCUT2D eigenvalue weighted by Gasteiger charge is 2.17. The summed E-state index contributed by atoms with van der Waals surface area (Å²) in [7, 11) is 0. The highest BCUT2D eigenvalue weighted by atomic mass is 16.3. The van der Waals surface area contributed by atoms with E-state index in [2.05, 4.69) is 10.00 Å². The predicted octanol–water partition coefficient (Wildman–Crippen LogP) is 2.76. The lowest BCUT2D eigenvalue weighted by atomic mass is 10.1. The van der Waals surface area contributed by atoms with E-state index in [4.69, 9.17) is 0 Å². The van der Waals surface area contributed by atoms with E-state index in [1.54, 1.807) is 18.3 Å². The van der Waals surface area contributed by atoms with Crippen LogP contribution >= 0.6 is 0 Å². The number of allylic oxidation sites excluding steroid dienone is 1. The number of carbonyl (C=O) groups excluding carboxylic acids is 1. The van der Waals surface area contributed by atoms with Crippen LogP contribution in [0.5, 0.6) is 0 Å². The molecule has 5 heteroatoms. The van der Waals surface area contributed by atoms with Crippen LogP contribution in [0.2, 0.25) is 0 Å². The summed E-state index contributed by atoms with van der Waals surface area (Å²) >= 11 is 0. The molecule has 1 aromatic heterocycles. The van der Waals surface area contributed by atoms with Gasteiger partial charge in [0.15, 0.2) is 5.78 Å². The molecule has 0 atom stereocenters. The van der Waals surface area contributed by atoms with Gasteiger partial charge in [0, 0.05) is 37.1 Å². The Morgan fingerprint density at radius 1 is 1.25 bits per heavy atom. The summed E-state index contributed by atoms with van der Waals surface area (Å²) in [6.07, 6.45) is 6.55. The molecule has 1 aliphatic heterocycles. The van der Waals surface area contributed by atoms with Gasteiger partial charge < -0.3 is 10.0 Å². The molecule has 0 saturated carbocycles. The lowest BCUT2D eigenvalue weighted by Gasteiger charge is -2.31. The van der Waals surface area contributed by atoms with Crippen LogP contribution in [0.1, 0.15) is 35.8 Å². The largest absolute Gasteiger partial charge is 0.393 e. The zero-order chi connectivity index (χ0) is 16.9. The summed E-state index contributed by atoms with van der Waals surface area (Å²) in [5, 5.41) is 13.8. The second kappa shape index (κ2) is 7.45. The van der Waals surface area contributed by atoms with Crippen LogP contribution in [0, 0.1) is 0 Å². The van der Waals surface area contributed by atoms with Gasteiger partial charge in [-0.05, 0) is 62.2 Å². The van der Waals surface area contributed by atoms with E-state index in [-0.39, 0.29) is 11.9 Å². The first-order valence-corrected chi connectivity index (χ1v) is 8.44. The zero-order valence-corrected chi connectivity index (χ0v) is 13.9. The fourth-order valence-electron chi connectivity index (χ4n) is 2.97. The lowest BCUT2D eigenvalue weighted by Crippen LogP contribution is -2.35. The molecule has 1 N–H and O–H groups in total. The molecule has 1 fully saturated rings. The van der Waals surface area contributed by atoms with Gasteiger partial charge in [-0.3, -0.25) is 9.48 Å². The van der Waals surface area contributed by atoms with Crippen molar-refractivity contribution >= 4 is 17.5 Å². The maximum Gasteiger partial charge on any atom is 0.185 e. The third-order valence-electron chi connectivity index (χ3n) is 4.44. The molecular formula is C19H23N3O2. The Hall–Kier alpha value is -2.40. The normalized spacial score (nSPS) is 16.0. The molecule has 1 aromatic carbocycles. The lowest BCUT2D eigenvalue weighted by molar-refractivity contribution is 0.104. The Balaban J connectivity index is 1.65. The molecule has 5 nitrogen and oxygen atoms in total. The maximum atomic E-state index is 12.3. The van der Waals surface area contributed by atoms with Crippen LogP contribution in [0.25, 0.3) is 6.08 Å². The molecule has 0 aliphatic carbocycles. The van der Waals surface area contributed by atoms with Crippen molar-refractivity contribution in [3.8, 4) is 0 Å². The minimum Gasteiger partial charge on any atom is -0.393 e. The highest BCUT2D eigenvalue weighted by molar-refractivity contribution is 6.06. The molecule has 0 amide bonds. The summed E-state index contributed by atoms with van der Waals surface area (Å²) in [5.74, 6) is -0.0144. The van der Waals surface area contributed by atoms with Crippen LogP contribution in [-0.4, -0.2) is 39.9 Å².